The first kappa shape index (κ1) is 13.8. The summed E-state index contributed by atoms with van der Waals surface area (Å²) < 4.78 is 10.9. The lowest BCUT2D eigenvalue weighted by atomic mass is 10.2. The van der Waals surface area contributed by atoms with Crippen LogP contribution >= 0.6 is 0 Å². The average molecular weight is 269 g/mol. The van der Waals surface area contributed by atoms with Gasteiger partial charge in [-0.15, -0.1) is 0 Å². The molecule has 0 saturated carbocycles. The van der Waals surface area contributed by atoms with Gasteiger partial charge in [0.25, 0.3) is 0 Å². The smallest absolute Gasteiger partial charge is 0.140 e. The van der Waals surface area contributed by atoms with Gasteiger partial charge in [-0.25, -0.2) is 4.98 Å². The number of nitrogens with two attached hydrogens (primary N) is 1. The van der Waals surface area contributed by atoms with Crippen molar-refractivity contribution >= 4 is 0 Å². The van der Waals surface area contributed by atoms with Crippen LogP contribution in [0, 0.1) is 11.3 Å². The molecule has 2 N–H and O–H groups in total. The summed E-state index contributed by atoms with van der Waals surface area (Å²) in [6.45, 7) is 0.733. The second kappa shape index (κ2) is 6.55. The van der Waals surface area contributed by atoms with Crippen LogP contribution in [0.5, 0.6) is 11.5 Å². The lowest BCUT2D eigenvalue weighted by Crippen LogP contribution is -2.03. The molecule has 0 saturated heterocycles. The largest absolute Gasteiger partial charge is 0.497 e. The van der Waals surface area contributed by atoms with Crippen molar-refractivity contribution in [3.63, 3.8) is 0 Å². The Labute approximate surface area is 117 Å². The fraction of sp³-hybridized carbons (Fsp3) is 0.200. The average Bonchev–Trinajstić information content (AvgIpc) is 2.52. The van der Waals surface area contributed by atoms with Crippen LogP contribution in [0.1, 0.15) is 16.8 Å². The monoisotopic (exact) mass is 269 g/mol. The van der Waals surface area contributed by atoms with E-state index < -0.39 is 0 Å². The second-order valence-corrected chi connectivity index (χ2v) is 4.13. The van der Waals surface area contributed by atoms with Crippen molar-refractivity contribution in [2.24, 2.45) is 5.73 Å². The molecule has 20 heavy (non-hydrogen) atoms. The summed E-state index contributed by atoms with van der Waals surface area (Å²) in [5.74, 6) is 1.40. The van der Waals surface area contributed by atoms with E-state index in [1.165, 1.54) is 0 Å². The van der Waals surface area contributed by atoms with Crippen LogP contribution in [0.25, 0.3) is 0 Å². The van der Waals surface area contributed by atoms with Crippen LogP contribution in [-0.2, 0) is 13.2 Å². The SMILES string of the molecule is COc1ccc(CN)c(OCc2ccnc(C#N)c2)c1. The predicted molar refractivity (Wildman–Crippen MR) is 74.2 cm³/mol. The zero-order valence-electron chi connectivity index (χ0n) is 11.2. The summed E-state index contributed by atoms with van der Waals surface area (Å²) in [6, 6.07) is 11.0. The molecule has 0 aliphatic carbocycles. The van der Waals surface area contributed by atoms with Crippen LogP contribution in [-0.4, -0.2) is 12.1 Å². The van der Waals surface area contributed by atoms with E-state index in [0.29, 0.717) is 30.3 Å². The molecule has 0 aliphatic rings. The molecular weight excluding hydrogens is 254 g/mol. The van der Waals surface area contributed by atoms with Gasteiger partial charge >= 0.3 is 0 Å². The van der Waals surface area contributed by atoms with E-state index in [0.717, 1.165) is 11.1 Å². The van der Waals surface area contributed by atoms with Crippen LogP contribution in [0.2, 0.25) is 0 Å². The number of aromatic nitrogens is 1. The number of hydrogen-bond acceptors (Lipinski definition) is 5. The standard InChI is InChI=1S/C15H15N3O2/c1-19-14-3-2-12(8-16)15(7-14)20-10-11-4-5-18-13(6-11)9-17/h2-7H,8,10,16H2,1H3. The quantitative estimate of drug-likeness (QED) is 0.897. The van der Waals surface area contributed by atoms with Crippen molar-refractivity contribution < 1.29 is 9.47 Å². The lowest BCUT2D eigenvalue weighted by Gasteiger charge is -2.12. The molecule has 1 heterocycles. The fourth-order valence-electron chi connectivity index (χ4n) is 1.75. The third-order valence-corrected chi connectivity index (χ3v) is 2.83. The maximum Gasteiger partial charge on any atom is 0.140 e. The minimum absolute atomic E-state index is 0.345. The normalized spacial score (nSPS) is 9.85. The third kappa shape index (κ3) is 3.25. The minimum Gasteiger partial charge on any atom is -0.497 e. The molecule has 2 aromatic rings. The number of hydrogen-bond donors (Lipinski definition) is 1. The lowest BCUT2D eigenvalue weighted by molar-refractivity contribution is 0.300. The number of methoxy groups -OCH3 is 1. The van der Waals surface area contributed by atoms with E-state index in [4.69, 9.17) is 20.5 Å². The van der Waals surface area contributed by atoms with Crippen LogP contribution in [0.15, 0.2) is 36.5 Å². The van der Waals surface area contributed by atoms with Crippen molar-refractivity contribution in [3.05, 3.63) is 53.3 Å². The van der Waals surface area contributed by atoms with Gasteiger partial charge in [0.2, 0.25) is 0 Å². The Kier molecular flexibility index (Phi) is 4.53. The van der Waals surface area contributed by atoms with Crippen molar-refractivity contribution in [3.8, 4) is 17.6 Å². The Morgan fingerprint density at radius 2 is 2.15 bits per heavy atom. The first-order valence-corrected chi connectivity index (χ1v) is 6.11. The minimum atomic E-state index is 0.345. The topological polar surface area (TPSA) is 81.2 Å². The van der Waals surface area contributed by atoms with Crippen molar-refractivity contribution in [2.45, 2.75) is 13.2 Å². The molecule has 0 bridgehead atoms. The Hall–Kier alpha value is -2.58. The Balaban J connectivity index is 2.15. The van der Waals surface area contributed by atoms with E-state index in [-0.39, 0.29) is 0 Å². The highest BCUT2D eigenvalue weighted by Crippen LogP contribution is 2.25. The van der Waals surface area contributed by atoms with Gasteiger partial charge < -0.3 is 15.2 Å². The van der Waals surface area contributed by atoms with Gasteiger partial charge in [-0.3, -0.25) is 0 Å². The number of nitrogens with zero attached hydrogens (tertiary/aromatic N) is 2. The number of benzene rings is 1. The summed E-state index contributed by atoms with van der Waals surface area (Å²) >= 11 is 0. The maximum absolute atomic E-state index is 8.81. The molecule has 5 heteroatoms. The van der Waals surface area contributed by atoms with E-state index >= 15 is 0 Å². The van der Waals surface area contributed by atoms with Crippen molar-refractivity contribution in [1.29, 1.82) is 5.26 Å². The molecule has 0 unspecified atom stereocenters. The molecule has 0 amide bonds. The van der Waals surface area contributed by atoms with Gasteiger partial charge in [0, 0.05) is 24.4 Å². The zero-order chi connectivity index (χ0) is 14.4. The Morgan fingerprint density at radius 1 is 1.30 bits per heavy atom. The van der Waals surface area contributed by atoms with Gasteiger partial charge in [-0.2, -0.15) is 5.26 Å². The van der Waals surface area contributed by atoms with Crippen LogP contribution < -0.4 is 15.2 Å². The van der Waals surface area contributed by atoms with Gasteiger partial charge in [0.1, 0.15) is 29.9 Å². The Bertz CT molecular complexity index is 635. The number of rotatable bonds is 5. The predicted octanol–water partition coefficient (Wildman–Crippen LogP) is 2.00. The molecular formula is C15H15N3O2. The number of ether oxygens (including phenoxy) is 2. The van der Waals surface area contributed by atoms with Crippen LogP contribution in [0.3, 0.4) is 0 Å². The highest BCUT2D eigenvalue weighted by atomic mass is 16.5. The van der Waals surface area contributed by atoms with E-state index in [1.807, 2.05) is 24.3 Å². The van der Waals surface area contributed by atoms with Gasteiger partial charge in [-0.1, -0.05) is 6.07 Å². The highest BCUT2D eigenvalue weighted by Gasteiger charge is 2.05. The highest BCUT2D eigenvalue weighted by molar-refractivity contribution is 5.40. The third-order valence-electron chi connectivity index (χ3n) is 2.83. The van der Waals surface area contributed by atoms with Crippen molar-refractivity contribution in [2.75, 3.05) is 7.11 Å². The molecule has 0 spiro atoms. The molecule has 5 nitrogen and oxygen atoms in total. The molecule has 1 aromatic heterocycles. The maximum atomic E-state index is 8.81. The summed E-state index contributed by atoms with van der Waals surface area (Å²) in [5, 5.41) is 8.81. The van der Waals surface area contributed by atoms with Gasteiger partial charge in [0.05, 0.1) is 7.11 Å². The molecule has 0 aliphatic heterocycles. The molecule has 0 atom stereocenters. The van der Waals surface area contributed by atoms with Crippen molar-refractivity contribution in [1.82, 2.24) is 4.98 Å². The summed E-state index contributed by atoms with van der Waals surface area (Å²) in [5.41, 5.74) is 7.83. The van der Waals surface area contributed by atoms with Gasteiger partial charge in [-0.05, 0) is 23.8 Å². The summed E-state index contributed by atoms with van der Waals surface area (Å²) in [6.07, 6.45) is 1.59. The number of nitriles is 1. The van der Waals surface area contributed by atoms with E-state index in [9.17, 15) is 0 Å². The fourth-order valence-corrected chi connectivity index (χ4v) is 1.75. The first-order chi connectivity index (χ1) is 9.76. The number of pyridine rings is 1. The van der Waals surface area contributed by atoms with Crippen LogP contribution in [0.4, 0.5) is 0 Å². The first-order valence-electron chi connectivity index (χ1n) is 6.11. The molecule has 0 radical (unpaired) electrons. The van der Waals surface area contributed by atoms with Gasteiger partial charge in [0.15, 0.2) is 0 Å². The molecule has 1 aromatic carbocycles. The van der Waals surface area contributed by atoms with E-state index in [1.54, 1.807) is 25.4 Å². The molecule has 0 fully saturated rings. The van der Waals surface area contributed by atoms with E-state index in [2.05, 4.69) is 4.98 Å². The Morgan fingerprint density at radius 3 is 2.85 bits per heavy atom. The zero-order valence-corrected chi connectivity index (χ0v) is 11.2. The molecule has 2 rings (SSSR count). The second-order valence-electron chi connectivity index (χ2n) is 4.13. The summed E-state index contributed by atoms with van der Waals surface area (Å²) in [7, 11) is 1.60. The summed E-state index contributed by atoms with van der Waals surface area (Å²) in [4.78, 5) is 3.92. The molecule has 102 valence electrons.